The summed E-state index contributed by atoms with van der Waals surface area (Å²) in [6.45, 7) is 0. The average molecular weight is 311 g/mol. The van der Waals surface area contributed by atoms with Gasteiger partial charge in [0.25, 0.3) is 5.69 Å². The Morgan fingerprint density at radius 3 is 3.09 bits per heavy atom. The zero-order chi connectivity index (χ0) is 16.4. The van der Waals surface area contributed by atoms with Crippen molar-refractivity contribution in [2.75, 3.05) is 5.32 Å². The van der Waals surface area contributed by atoms with Crippen molar-refractivity contribution in [1.82, 2.24) is 9.97 Å². The SMILES string of the molecule is N#Cc1cc([N+](=O)[O-])ccc1NC(=O)C1CCc2nc[nH]c2C1. The van der Waals surface area contributed by atoms with Crippen molar-refractivity contribution in [1.29, 1.82) is 5.26 Å². The van der Waals surface area contributed by atoms with Gasteiger partial charge in [-0.15, -0.1) is 0 Å². The molecule has 3 rings (SSSR count). The minimum Gasteiger partial charge on any atom is -0.348 e. The lowest BCUT2D eigenvalue weighted by atomic mass is 9.89. The largest absolute Gasteiger partial charge is 0.348 e. The summed E-state index contributed by atoms with van der Waals surface area (Å²) in [7, 11) is 0. The molecule has 1 heterocycles. The maximum absolute atomic E-state index is 12.4. The van der Waals surface area contributed by atoms with Crippen LogP contribution in [0.3, 0.4) is 0 Å². The number of aryl methyl sites for hydroxylation is 1. The Labute approximate surface area is 131 Å². The van der Waals surface area contributed by atoms with Crippen LogP contribution in [0.2, 0.25) is 0 Å². The molecule has 0 saturated heterocycles. The van der Waals surface area contributed by atoms with Gasteiger partial charge < -0.3 is 10.3 Å². The summed E-state index contributed by atoms with van der Waals surface area (Å²) < 4.78 is 0. The molecule has 1 aliphatic carbocycles. The normalized spacial score (nSPS) is 16.2. The summed E-state index contributed by atoms with van der Waals surface area (Å²) in [4.78, 5) is 29.8. The molecule has 1 aliphatic rings. The number of carbonyl (C=O) groups is 1. The van der Waals surface area contributed by atoms with Crippen LogP contribution in [0.4, 0.5) is 11.4 Å². The lowest BCUT2D eigenvalue weighted by molar-refractivity contribution is -0.384. The number of hydrogen-bond donors (Lipinski definition) is 2. The molecule has 116 valence electrons. The fourth-order valence-electron chi connectivity index (χ4n) is 2.71. The molecule has 1 aromatic heterocycles. The summed E-state index contributed by atoms with van der Waals surface area (Å²) >= 11 is 0. The lowest BCUT2D eigenvalue weighted by Gasteiger charge is -2.20. The van der Waals surface area contributed by atoms with E-state index in [9.17, 15) is 14.9 Å². The van der Waals surface area contributed by atoms with E-state index in [0.29, 0.717) is 18.5 Å². The number of amides is 1. The van der Waals surface area contributed by atoms with E-state index in [4.69, 9.17) is 5.26 Å². The van der Waals surface area contributed by atoms with E-state index in [-0.39, 0.29) is 23.1 Å². The number of H-pyrrole nitrogens is 1. The number of non-ortho nitro benzene ring substituents is 1. The number of anilines is 1. The lowest BCUT2D eigenvalue weighted by Crippen LogP contribution is -2.28. The number of aromatic amines is 1. The Balaban J connectivity index is 1.76. The number of benzene rings is 1. The average Bonchev–Trinajstić information content (AvgIpc) is 3.02. The van der Waals surface area contributed by atoms with Crippen LogP contribution >= 0.6 is 0 Å². The van der Waals surface area contributed by atoms with E-state index >= 15 is 0 Å². The first-order chi connectivity index (χ1) is 11.1. The van der Waals surface area contributed by atoms with Crippen molar-refractivity contribution in [3.63, 3.8) is 0 Å². The third-order valence-electron chi connectivity index (χ3n) is 3.95. The molecule has 0 bridgehead atoms. The molecule has 0 aliphatic heterocycles. The highest BCUT2D eigenvalue weighted by Gasteiger charge is 2.26. The van der Waals surface area contributed by atoms with Crippen molar-refractivity contribution >= 4 is 17.3 Å². The van der Waals surface area contributed by atoms with Crippen LogP contribution in [0, 0.1) is 27.4 Å². The van der Waals surface area contributed by atoms with Crippen LogP contribution < -0.4 is 5.32 Å². The van der Waals surface area contributed by atoms with Crippen LogP contribution in [-0.4, -0.2) is 20.8 Å². The number of nitro groups is 1. The number of hydrogen-bond acceptors (Lipinski definition) is 5. The third-order valence-corrected chi connectivity index (χ3v) is 3.95. The second kappa shape index (κ2) is 5.88. The molecule has 8 heteroatoms. The highest BCUT2D eigenvalue weighted by atomic mass is 16.6. The molecule has 2 aromatic rings. The number of nitrogens with one attached hydrogen (secondary N) is 2. The molecule has 0 radical (unpaired) electrons. The maximum Gasteiger partial charge on any atom is 0.270 e. The number of nitrogens with zero attached hydrogens (tertiary/aromatic N) is 3. The van der Waals surface area contributed by atoms with Crippen molar-refractivity contribution in [3.05, 3.63) is 51.6 Å². The summed E-state index contributed by atoms with van der Waals surface area (Å²) in [5.74, 6) is -0.416. The molecule has 0 fully saturated rings. The zero-order valence-electron chi connectivity index (χ0n) is 12.1. The Bertz CT molecular complexity index is 821. The predicted octanol–water partition coefficient (Wildman–Crippen LogP) is 1.93. The molecule has 8 nitrogen and oxygen atoms in total. The Hall–Kier alpha value is -3.21. The van der Waals surface area contributed by atoms with Gasteiger partial charge in [-0.2, -0.15) is 5.26 Å². The summed E-state index contributed by atoms with van der Waals surface area (Å²) in [6, 6.07) is 5.69. The van der Waals surface area contributed by atoms with E-state index in [0.717, 1.165) is 23.9 Å². The highest BCUT2D eigenvalue weighted by molar-refractivity contribution is 5.94. The Kier molecular flexibility index (Phi) is 3.76. The monoisotopic (exact) mass is 311 g/mol. The topological polar surface area (TPSA) is 125 Å². The number of carbonyl (C=O) groups excluding carboxylic acids is 1. The van der Waals surface area contributed by atoms with E-state index < -0.39 is 4.92 Å². The molecular weight excluding hydrogens is 298 g/mol. The minimum atomic E-state index is -0.576. The van der Waals surface area contributed by atoms with E-state index in [1.165, 1.54) is 12.1 Å². The fraction of sp³-hybridized carbons (Fsp3) is 0.267. The van der Waals surface area contributed by atoms with Gasteiger partial charge in [0.1, 0.15) is 6.07 Å². The predicted molar refractivity (Wildman–Crippen MR) is 80.5 cm³/mol. The summed E-state index contributed by atoms with van der Waals surface area (Å²) in [5, 5.41) is 22.6. The van der Waals surface area contributed by atoms with Gasteiger partial charge in [-0.05, 0) is 18.9 Å². The zero-order valence-corrected chi connectivity index (χ0v) is 12.1. The van der Waals surface area contributed by atoms with Gasteiger partial charge in [-0.25, -0.2) is 4.98 Å². The quantitative estimate of drug-likeness (QED) is 0.662. The van der Waals surface area contributed by atoms with Gasteiger partial charge in [-0.3, -0.25) is 14.9 Å². The second-order valence-electron chi connectivity index (χ2n) is 5.36. The molecule has 1 aromatic carbocycles. The second-order valence-corrected chi connectivity index (χ2v) is 5.36. The molecule has 23 heavy (non-hydrogen) atoms. The van der Waals surface area contributed by atoms with Crippen LogP contribution in [0.15, 0.2) is 24.5 Å². The summed E-state index contributed by atoms with van der Waals surface area (Å²) in [6.07, 6.45) is 3.59. The summed E-state index contributed by atoms with van der Waals surface area (Å²) in [5.41, 5.74) is 2.13. The number of nitro benzene ring substituents is 1. The van der Waals surface area contributed by atoms with Crippen molar-refractivity contribution in [3.8, 4) is 6.07 Å². The van der Waals surface area contributed by atoms with Crippen LogP contribution in [-0.2, 0) is 17.6 Å². The van der Waals surface area contributed by atoms with E-state index in [2.05, 4.69) is 15.3 Å². The van der Waals surface area contributed by atoms with Gasteiger partial charge >= 0.3 is 0 Å². The van der Waals surface area contributed by atoms with Crippen LogP contribution in [0.25, 0.3) is 0 Å². The third kappa shape index (κ3) is 2.89. The first kappa shape index (κ1) is 14.7. The minimum absolute atomic E-state index is 0.0746. The van der Waals surface area contributed by atoms with Crippen molar-refractivity contribution < 1.29 is 9.72 Å². The van der Waals surface area contributed by atoms with Crippen LogP contribution in [0.5, 0.6) is 0 Å². The molecule has 1 amide bonds. The number of aromatic nitrogens is 2. The van der Waals surface area contributed by atoms with Gasteiger partial charge in [0, 0.05) is 30.2 Å². The molecular formula is C15H13N5O3. The van der Waals surface area contributed by atoms with Gasteiger partial charge in [0.15, 0.2) is 0 Å². The van der Waals surface area contributed by atoms with E-state index in [1.807, 2.05) is 6.07 Å². The molecule has 0 spiro atoms. The first-order valence-corrected chi connectivity index (χ1v) is 7.09. The van der Waals surface area contributed by atoms with Gasteiger partial charge in [-0.1, -0.05) is 0 Å². The van der Waals surface area contributed by atoms with E-state index in [1.54, 1.807) is 6.33 Å². The van der Waals surface area contributed by atoms with Gasteiger partial charge in [0.2, 0.25) is 5.91 Å². The molecule has 1 atom stereocenters. The Morgan fingerprint density at radius 1 is 1.52 bits per heavy atom. The number of nitriles is 1. The molecule has 1 unspecified atom stereocenters. The highest BCUT2D eigenvalue weighted by Crippen LogP contribution is 2.26. The number of imidazole rings is 1. The standard InChI is InChI=1S/C15H13N5O3/c16-7-10-5-11(20(22)23)2-4-12(10)19-15(21)9-1-3-13-14(6-9)18-8-17-13/h2,4-5,8-9H,1,3,6H2,(H,17,18)(H,19,21). The first-order valence-electron chi connectivity index (χ1n) is 7.09. The Morgan fingerprint density at radius 2 is 2.35 bits per heavy atom. The number of fused-ring (bicyclic) bond motifs is 1. The fourth-order valence-corrected chi connectivity index (χ4v) is 2.71. The smallest absolute Gasteiger partial charge is 0.270 e. The molecule has 0 saturated carbocycles. The molecule has 2 N–H and O–H groups in total. The van der Waals surface area contributed by atoms with Crippen LogP contribution in [0.1, 0.15) is 23.4 Å². The van der Waals surface area contributed by atoms with Crippen molar-refractivity contribution in [2.45, 2.75) is 19.3 Å². The number of rotatable bonds is 3. The van der Waals surface area contributed by atoms with Gasteiger partial charge in [0.05, 0.1) is 28.2 Å². The van der Waals surface area contributed by atoms with Crippen molar-refractivity contribution in [2.24, 2.45) is 5.92 Å². The maximum atomic E-state index is 12.4.